The van der Waals surface area contributed by atoms with Crippen molar-refractivity contribution < 1.29 is 14.6 Å². The van der Waals surface area contributed by atoms with E-state index in [1.165, 1.54) is 0 Å². The summed E-state index contributed by atoms with van der Waals surface area (Å²) in [6.45, 7) is 4.54. The molecule has 1 aliphatic heterocycles. The summed E-state index contributed by atoms with van der Waals surface area (Å²) in [5.41, 5.74) is 5.85. The molecule has 6 heteroatoms. The molecule has 1 heterocycles. The van der Waals surface area contributed by atoms with Gasteiger partial charge < -0.3 is 20.5 Å². The second kappa shape index (κ2) is 8.42. The zero-order chi connectivity index (χ0) is 13.4. The number of carbonyl (C=O) groups excluding carboxylic acids is 1. The topological polar surface area (TPSA) is 79.0 Å². The Morgan fingerprint density at radius 3 is 2.83 bits per heavy atom. The molecule has 1 saturated heterocycles. The number of hydrogen-bond acceptors (Lipinski definition) is 5. The molecule has 1 aliphatic rings. The van der Waals surface area contributed by atoms with E-state index in [1.807, 2.05) is 4.90 Å². The van der Waals surface area contributed by atoms with Crippen molar-refractivity contribution in [3.63, 3.8) is 0 Å². The van der Waals surface area contributed by atoms with Crippen LogP contribution in [0.4, 0.5) is 0 Å². The summed E-state index contributed by atoms with van der Waals surface area (Å²) in [7, 11) is 1.61. The molecule has 0 saturated carbocycles. The average molecular weight is 259 g/mol. The van der Waals surface area contributed by atoms with Gasteiger partial charge in [0, 0.05) is 39.9 Å². The number of β-amino-alcohol motifs (C(OH)–C–C–N with tert-alkyl or cyclic N) is 1. The van der Waals surface area contributed by atoms with Crippen LogP contribution in [0, 0.1) is 0 Å². The molecule has 0 radical (unpaired) electrons. The lowest BCUT2D eigenvalue weighted by atomic mass is 10.2. The summed E-state index contributed by atoms with van der Waals surface area (Å²) in [5.74, 6) is 0.0119. The first-order valence-electron chi connectivity index (χ1n) is 6.55. The van der Waals surface area contributed by atoms with E-state index in [4.69, 9.17) is 15.6 Å². The maximum atomic E-state index is 12.1. The number of nitrogens with two attached hydrogens (primary N) is 1. The third-order valence-corrected chi connectivity index (χ3v) is 3.27. The highest BCUT2D eigenvalue weighted by molar-refractivity contribution is 5.81. The predicted octanol–water partition coefficient (Wildman–Crippen LogP) is -1.12. The summed E-state index contributed by atoms with van der Waals surface area (Å²) in [6, 6.07) is -0.464. The first-order chi connectivity index (χ1) is 8.69. The van der Waals surface area contributed by atoms with Crippen LogP contribution in [0.25, 0.3) is 0 Å². The van der Waals surface area contributed by atoms with Gasteiger partial charge in [-0.05, 0) is 19.4 Å². The van der Waals surface area contributed by atoms with Crippen molar-refractivity contribution in [2.75, 3.05) is 53.0 Å². The minimum atomic E-state index is -0.464. The molecule has 106 valence electrons. The first-order valence-corrected chi connectivity index (χ1v) is 6.55. The van der Waals surface area contributed by atoms with E-state index in [0.29, 0.717) is 26.1 Å². The Balaban J connectivity index is 2.39. The Hall–Kier alpha value is -0.690. The zero-order valence-electron chi connectivity index (χ0n) is 11.2. The van der Waals surface area contributed by atoms with Crippen molar-refractivity contribution in [2.24, 2.45) is 5.73 Å². The van der Waals surface area contributed by atoms with Gasteiger partial charge in [0.2, 0.25) is 5.91 Å². The minimum absolute atomic E-state index is 0.0119. The van der Waals surface area contributed by atoms with Crippen molar-refractivity contribution in [1.29, 1.82) is 0 Å². The molecule has 0 bridgehead atoms. The standard InChI is InChI=1S/C12H25N3O3/c1-18-10-3-11(13)12(17)15-5-2-4-14(6-7-15)8-9-16/h11,16H,2-10,13H2,1H3. The lowest BCUT2D eigenvalue weighted by molar-refractivity contribution is -0.132. The molecule has 0 aromatic rings. The third kappa shape index (κ3) is 4.89. The Bertz CT molecular complexity index is 251. The van der Waals surface area contributed by atoms with Crippen LogP contribution in [-0.4, -0.2) is 79.9 Å². The van der Waals surface area contributed by atoms with Gasteiger partial charge in [0.15, 0.2) is 0 Å². The number of ether oxygens (including phenoxy) is 1. The molecule has 1 amide bonds. The summed E-state index contributed by atoms with van der Waals surface area (Å²) in [4.78, 5) is 16.1. The fraction of sp³-hybridized carbons (Fsp3) is 0.917. The number of aliphatic hydroxyl groups excluding tert-OH is 1. The quantitative estimate of drug-likeness (QED) is 0.631. The van der Waals surface area contributed by atoms with E-state index in [9.17, 15) is 4.79 Å². The van der Waals surface area contributed by atoms with E-state index in [1.54, 1.807) is 7.11 Å². The van der Waals surface area contributed by atoms with Crippen LogP contribution in [-0.2, 0) is 9.53 Å². The number of nitrogens with zero attached hydrogens (tertiary/aromatic N) is 2. The maximum absolute atomic E-state index is 12.1. The largest absolute Gasteiger partial charge is 0.395 e. The van der Waals surface area contributed by atoms with Crippen LogP contribution in [0.5, 0.6) is 0 Å². The van der Waals surface area contributed by atoms with Gasteiger partial charge in [-0.25, -0.2) is 0 Å². The SMILES string of the molecule is COCCC(N)C(=O)N1CCCN(CCO)CC1. The molecule has 1 fully saturated rings. The Morgan fingerprint density at radius 1 is 1.39 bits per heavy atom. The number of amides is 1. The van der Waals surface area contributed by atoms with Crippen LogP contribution in [0.15, 0.2) is 0 Å². The maximum Gasteiger partial charge on any atom is 0.239 e. The smallest absolute Gasteiger partial charge is 0.239 e. The summed E-state index contributed by atoms with van der Waals surface area (Å²) in [5, 5.41) is 8.91. The fourth-order valence-corrected chi connectivity index (χ4v) is 2.16. The summed E-state index contributed by atoms with van der Waals surface area (Å²) in [6.07, 6.45) is 1.49. The van der Waals surface area contributed by atoms with Gasteiger partial charge in [-0.3, -0.25) is 9.69 Å². The Morgan fingerprint density at radius 2 is 2.17 bits per heavy atom. The third-order valence-electron chi connectivity index (χ3n) is 3.27. The molecule has 0 spiro atoms. The van der Waals surface area contributed by atoms with Crippen molar-refractivity contribution in [2.45, 2.75) is 18.9 Å². The zero-order valence-corrected chi connectivity index (χ0v) is 11.2. The molecular weight excluding hydrogens is 234 g/mol. The predicted molar refractivity (Wildman–Crippen MR) is 69.2 cm³/mol. The van der Waals surface area contributed by atoms with Crippen molar-refractivity contribution in [3.8, 4) is 0 Å². The van der Waals surface area contributed by atoms with E-state index < -0.39 is 6.04 Å². The van der Waals surface area contributed by atoms with Gasteiger partial charge in [-0.15, -0.1) is 0 Å². The van der Waals surface area contributed by atoms with Crippen molar-refractivity contribution in [3.05, 3.63) is 0 Å². The van der Waals surface area contributed by atoms with E-state index >= 15 is 0 Å². The minimum Gasteiger partial charge on any atom is -0.395 e. The number of hydrogen-bond donors (Lipinski definition) is 2. The lowest BCUT2D eigenvalue weighted by Gasteiger charge is -2.24. The van der Waals surface area contributed by atoms with E-state index in [0.717, 1.165) is 26.1 Å². The molecule has 6 nitrogen and oxygen atoms in total. The van der Waals surface area contributed by atoms with Crippen molar-refractivity contribution >= 4 is 5.91 Å². The highest BCUT2D eigenvalue weighted by Crippen LogP contribution is 2.05. The van der Waals surface area contributed by atoms with E-state index in [-0.39, 0.29) is 12.5 Å². The Kier molecular flexibility index (Phi) is 7.19. The summed E-state index contributed by atoms with van der Waals surface area (Å²) < 4.78 is 4.94. The molecule has 3 N–H and O–H groups in total. The van der Waals surface area contributed by atoms with Crippen molar-refractivity contribution in [1.82, 2.24) is 9.80 Å². The molecule has 18 heavy (non-hydrogen) atoms. The normalized spacial score (nSPS) is 19.6. The summed E-state index contributed by atoms with van der Waals surface area (Å²) >= 11 is 0. The van der Waals surface area contributed by atoms with E-state index in [2.05, 4.69) is 4.90 Å². The van der Waals surface area contributed by atoms with Gasteiger partial charge in [0.05, 0.1) is 12.6 Å². The molecular formula is C12H25N3O3. The van der Waals surface area contributed by atoms with Crippen LogP contribution in [0.2, 0.25) is 0 Å². The van der Waals surface area contributed by atoms with Crippen LogP contribution >= 0.6 is 0 Å². The highest BCUT2D eigenvalue weighted by atomic mass is 16.5. The van der Waals surface area contributed by atoms with Gasteiger partial charge in [0.25, 0.3) is 0 Å². The molecule has 0 aliphatic carbocycles. The number of rotatable bonds is 6. The average Bonchev–Trinajstić information content (AvgIpc) is 2.61. The molecule has 1 atom stereocenters. The monoisotopic (exact) mass is 259 g/mol. The Labute approximate surface area is 109 Å². The van der Waals surface area contributed by atoms with Crippen LogP contribution in [0.1, 0.15) is 12.8 Å². The molecule has 1 rings (SSSR count). The van der Waals surface area contributed by atoms with Gasteiger partial charge in [-0.1, -0.05) is 0 Å². The number of methoxy groups -OCH3 is 1. The number of aliphatic hydroxyl groups is 1. The second-order valence-corrected chi connectivity index (χ2v) is 4.63. The van der Waals surface area contributed by atoms with Gasteiger partial charge in [0.1, 0.15) is 0 Å². The number of carbonyl (C=O) groups is 1. The van der Waals surface area contributed by atoms with Crippen LogP contribution < -0.4 is 5.73 Å². The van der Waals surface area contributed by atoms with Crippen LogP contribution in [0.3, 0.4) is 0 Å². The molecule has 0 aromatic heterocycles. The molecule has 0 aromatic carbocycles. The second-order valence-electron chi connectivity index (χ2n) is 4.63. The first kappa shape index (κ1) is 15.4. The van der Waals surface area contributed by atoms with Gasteiger partial charge in [-0.2, -0.15) is 0 Å². The lowest BCUT2D eigenvalue weighted by Crippen LogP contribution is -2.45. The highest BCUT2D eigenvalue weighted by Gasteiger charge is 2.23. The fourth-order valence-electron chi connectivity index (χ4n) is 2.16. The van der Waals surface area contributed by atoms with Gasteiger partial charge >= 0.3 is 0 Å². The molecule has 1 unspecified atom stereocenters.